The van der Waals surface area contributed by atoms with Gasteiger partial charge in [-0.15, -0.1) is 0 Å². The van der Waals surface area contributed by atoms with Gasteiger partial charge in [-0.3, -0.25) is 4.98 Å². The van der Waals surface area contributed by atoms with E-state index in [0.717, 1.165) is 11.1 Å². The zero-order valence-electron chi connectivity index (χ0n) is 10.8. The van der Waals surface area contributed by atoms with E-state index >= 15 is 0 Å². The summed E-state index contributed by atoms with van der Waals surface area (Å²) in [7, 11) is -3.26. The van der Waals surface area contributed by atoms with Gasteiger partial charge in [-0.1, -0.05) is 0 Å². The van der Waals surface area contributed by atoms with Crippen LogP contribution in [-0.4, -0.2) is 18.7 Å². The number of hydrogen-bond acceptors (Lipinski definition) is 4. The van der Waals surface area contributed by atoms with Crippen molar-refractivity contribution in [3.8, 4) is 11.3 Å². The Hall–Kier alpha value is -1.66. The van der Waals surface area contributed by atoms with Crippen LogP contribution in [0.3, 0.4) is 0 Å². The fourth-order valence-electron chi connectivity index (χ4n) is 1.51. The monoisotopic (exact) mass is 280 g/mol. The third-order valence-corrected chi connectivity index (χ3v) is 4.49. The fraction of sp³-hybridized carbons (Fsp3) is 0.308. The first-order chi connectivity index (χ1) is 8.99. The molecule has 2 rings (SSSR count). The van der Waals surface area contributed by atoms with E-state index in [1.165, 1.54) is 0 Å². The Morgan fingerprint density at radius 3 is 2.79 bits per heavy atom. The summed E-state index contributed by atoms with van der Waals surface area (Å²) in [5.74, 6) is 0.709. The third-order valence-electron chi connectivity index (χ3n) is 2.70. The number of hydrogen-bond donors (Lipinski definition) is 1. The van der Waals surface area contributed by atoms with Crippen molar-refractivity contribution in [3.63, 3.8) is 0 Å². The molecule has 0 aliphatic rings. The highest BCUT2D eigenvalue weighted by Crippen LogP contribution is 2.19. The fourth-order valence-corrected chi connectivity index (χ4v) is 2.21. The van der Waals surface area contributed by atoms with Crippen LogP contribution in [0.5, 0.6) is 0 Å². The molecule has 2 aromatic heterocycles. The molecule has 0 bridgehead atoms. The molecule has 0 aromatic carbocycles. The average Bonchev–Trinajstić information content (AvgIpc) is 2.90. The van der Waals surface area contributed by atoms with E-state index in [1.54, 1.807) is 38.6 Å². The quantitative estimate of drug-likeness (QED) is 0.911. The minimum atomic E-state index is -3.26. The van der Waals surface area contributed by atoms with Gasteiger partial charge < -0.3 is 4.42 Å². The van der Waals surface area contributed by atoms with Gasteiger partial charge in [0, 0.05) is 24.5 Å². The second kappa shape index (κ2) is 5.54. The summed E-state index contributed by atoms with van der Waals surface area (Å²) in [4.78, 5) is 4.09. The van der Waals surface area contributed by atoms with Crippen molar-refractivity contribution >= 4 is 10.0 Å². The molecule has 0 atom stereocenters. The Balaban J connectivity index is 2.13. The molecule has 0 amide bonds. The maximum atomic E-state index is 11.7. The number of sulfonamides is 1. The molecule has 2 heterocycles. The van der Waals surface area contributed by atoms with Crippen molar-refractivity contribution in [3.05, 3.63) is 42.4 Å². The van der Waals surface area contributed by atoms with Gasteiger partial charge in [0.15, 0.2) is 0 Å². The number of rotatable bonds is 5. The lowest BCUT2D eigenvalue weighted by atomic mass is 10.2. The van der Waals surface area contributed by atoms with Gasteiger partial charge in [-0.2, -0.15) is 0 Å². The van der Waals surface area contributed by atoms with Crippen LogP contribution >= 0.6 is 0 Å². The summed E-state index contributed by atoms with van der Waals surface area (Å²) < 4.78 is 31.2. The third kappa shape index (κ3) is 3.42. The standard InChI is InChI=1S/C13H16N2O3S/c1-10(2)19(16,17)15-8-11-6-12(9-14-7-11)13-4-3-5-18-13/h3-7,9-10,15H,8H2,1-2H3. The molecule has 0 saturated heterocycles. The second-order valence-corrected chi connectivity index (χ2v) is 6.80. The van der Waals surface area contributed by atoms with Crippen molar-refractivity contribution in [1.29, 1.82) is 0 Å². The molecular weight excluding hydrogens is 264 g/mol. The second-order valence-electron chi connectivity index (χ2n) is 4.47. The van der Waals surface area contributed by atoms with Crippen LogP contribution in [0.25, 0.3) is 11.3 Å². The van der Waals surface area contributed by atoms with Gasteiger partial charge in [-0.25, -0.2) is 13.1 Å². The highest BCUT2D eigenvalue weighted by atomic mass is 32.2. The summed E-state index contributed by atoms with van der Waals surface area (Å²) in [5.41, 5.74) is 1.62. The lowest BCUT2D eigenvalue weighted by Crippen LogP contribution is -2.30. The SMILES string of the molecule is CC(C)S(=O)(=O)NCc1cncc(-c2ccco2)c1. The molecule has 0 spiro atoms. The first-order valence-electron chi connectivity index (χ1n) is 5.95. The molecule has 19 heavy (non-hydrogen) atoms. The lowest BCUT2D eigenvalue weighted by Gasteiger charge is -2.09. The molecule has 0 unspecified atom stereocenters. The number of aromatic nitrogens is 1. The summed E-state index contributed by atoms with van der Waals surface area (Å²) >= 11 is 0. The summed E-state index contributed by atoms with van der Waals surface area (Å²) in [5, 5.41) is -0.450. The van der Waals surface area contributed by atoms with Gasteiger partial charge in [0.05, 0.1) is 11.5 Å². The van der Waals surface area contributed by atoms with Crippen LogP contribution in [0.15, 0.2) is 41.3 Å². The van der Waals surface area contributed by atoms with Crippen LogP contribution in [0, 0.1) is 0 Å². The van der Waals surface area contributed by atoms with Crippen molar-refractivity contribution < 1.29 is 12.8 Å². The Bertz CT molecular complexity index is 634. The first-order valence-corrected chi connectivity index (χ1v) is 7.50. The largest absolute Gasteiger partial charge is 0.464 e. The summed E-state index contributed by atoms with van der Waals surface area (Å²) in [6, 6.07) is 5.48. The number of furan rings is 1. The zero-order valence-corrected chi connectivity index (χ0v) is 11.6. The van der Waals surface area contributed by atoms with Gasteiger partial charge in [0.25, 0.3) is 0 Å². The summed E-state index contributed by atoms with van der Waals surface area (Å²) in [6.07, 6.45) is 4.90. The van der Waals surface area contributed by atoms with Gasteiger partial charge in [0.1, 0.15) is 5.76 Å². The number of pyridine rings is 1. The average molecular weight is 280 g/mol. The number of nitrogens with one attached hydrogen (secondary N) is 1. The Labute approximate surface area is 112 Å². The molecule has 0 saturated carbocycles. The molecule has 6 heteroatoms. The van der Waals surface area contributed by atoms with Crippen LogP contribution < -0.4 is 4.72 Å². The van der Waals surface area contributed by atoms with Crippen LogP contribution in [0.1, 0.15) is 19.4 Å². The molecule has 0 radical (unpaired) electrons. The topological polar surface area (TPSA) is 72.2 Å². The van der Waals surface area contributed by atoms with Gasteiger partial charge in [-0.05, 0) is 37.6 Å². The molecule has 2 aromatic rings. The van der Waals surface area contributed by atoms with Crippen molar-refractivity contribution in [1.82, 2.24) is 9.71 Å². The minimum Gasteiger partial charge on any atom is -0.464 e. The molecule has 0 fully saturated rings. The maximum Gasteiger partial charge on any atom is 0.214 e. The van der Waals surface area contributed by atoms with E-state index in [4.69, 9.17) is 4.42 Å². The van der Waals surface area contributed by atoms with E-state index in [2.05, 4.69) is 9.71 Å². The van der Waals surface area contributed by atoms with Crippen LogP contribution in [-0.2, 0) is 16.6 Å². The predicted molar refractivity (Wildman–Crippen MR) is 72.8 cm³/mol. The Morgan fingerprint density at radius 1 is 1.37 bits per heavy atom. The van der Waals surface area contributed by atoms with E-state index < -0.39 is 15.3 Å². The van der Waals surface area contributed by atoms with Crippen molar-refractivity contribution in [2.75, 3.05) is 0 Å². The van der Waals surface area contributed by atoms with E-state index in [1.807, 2.05) is 12.1 Å². The molecular formula is C13H16N2O3S. The van der Waals surface area contributed by atoms with E-state index in [-0.39, 0.29) is 6.54 Å². The van der Waals surface area contributed by atoms with E-state index in [0.29, 0.717) is 5.76 Å². The van der Waals surface area contributed by atoms with Crippen molar-refractivity contribution in [2.24, 2.45) is 0 Å². The minimum absolute atomic E-state index is 0.224. The van der Waals surface area contributed by atoms with Crippen LogP contribution in [0.2, 0.25) is 0 Å². The van der Waals surface area contributed by atoms with Gasteiger partial charge >= 0.3 is 0 Å². The lowest BCUT2D eigenvalue weighted by molar-refractivity contribution is 0.572. The molecule has 1 N–H and O–H groups in total. The van der Waals surface area contributed by atoms with Crippen LogP contribution in [0.4, 0.5) is 0 Å². The number of nitrogens with zero attached hydrogens (tertiary/aromatic N) is 1. The molecule has 102 valence electrons. The van der Waals surface area contributed by atoms with E-state index in [9.17, 15) is 8.42 Å². The molecule has 0 aliphatic heterocycles. The predicted octanol–water partition coefficient (Wildman–Crippen LogP) is 2.17. The Morgan fingerprint density at radius 2 is 2.16 bits per heavy atom. The smallest absolute Gasteiger partial charge is 0.214 e. The van der Waals surface area contributed by atoms with Gasteiger partial charge in [0.2, 0.25) is 10.0 Å². The first kappa shape index (κ1) is 13.8. The molecule has 5 nitrogen and oxygen atoms in total. The Kier molecular flexibility index (Phi) is 4.01. The maximum absolute atomic E-state index is 11.7. The zero-order chi connectivity index (χ0) is 13.9. The normalized spacial score (nSPS) is 11.9. The highest BCUT2D eigenvalue weighted by molar-refractivity contribution is 7.90. The van der Waals surface area contributed by atoms with Crippen molar-refractivity contribution in [2.45, 2.75) is 25.6 Å². The summed E-state index contributed by atoms with van der Waals surface area (Å²) in [6.45, 7) is 3.50. The highest BCUT2D eigenvalue weighted by Gasteiger charge is 2.15. The molecule has 0 aliphatic carbocycles.